The number of nitrogens with zero attached hydrogens (tertiary/aromatic N) is 2. The van der Waals surface area contributed by atoms with Crippen molar-refractivity contribution in [1.29, 1.82) is 5.26 Å². The largest absolute Gasteiger partial charge is 0.486 e. The Balaban J connectivity index is 1.45. The van der Waals surface area contributed by atoms with E-state index in [0.29, 0.717) is 18.5 Å². The van der Waals surface area contributed by atoms with E-state index in [9.17, 15) is 24.3 Å². The van der Waals surface area contributed by atoms with Gasteiger partial charge in [0.25, 0.3) is 0 Å². The molecule has 2 aromatic carbocycles. The maximum Gasteiger partial charge on any atom is 0.248 e. The number of hydrogen-bond donors (Lipinski definition) is 3. The summed E-state index contributed by atoms with van der Waals surface area (Å²) in [6.07, 6.45) is -1.46. The number of carbonyl (C=O) groups is 2. The molecule has 1 saturated carbocycles. The third-order valence-corrected chi connectivity index (χ3v) is 6.30. The summed E-state index contributed by atoms with van der Waals surface area (Å²) in [5.74, 6) is -0.578. The Kier molecular flexibility index (Phi) is 7.10. The van der Waals surface area contributed by atoms with Crippen LogP contribution in [0.5, 0.6) is 5.75 Å². The van der Waals surface area contributed by atoms with Gasteiger partial charge in [0, 0.05) is 24.6 Å². The number of carbonyl (C=O) groups excluding carboxylic acids is 2. The number of nitrogens with one attached hydrogen (secondary N) is 1. The molecule has 0 bridgehead atoms. The van der Waals surface area contributed by atoms with Crippen LogP contribution >= 0.6 is 0 Å². The summed E-state index contributed by atoms with van der Waals surface area (Å²) in [5, 5.41) is 30.9. The molecule has 2 fully saturated rings. The molecule has 1 saturated heterocycles. The first kappa shape index (κ1) is 23.7. The van der Waals surface area contributed by atoms with Crippen LogP contribution in [-0.4, -0.2) is 65.0 Å². The summed E-state index contributed by atoms with van der Waals surface area (Å²) in [5.41, 5.74) is 2.39. The fourth-order valence-corrected chi connectivity index (χ4v) is 4.23. The quantitative estimate of drug-likeness (QED) is 0.599. The van der Waals surface area contributed by atoms with E-state index in [1.165, 1.54) is 4.90 Å². The van der Waals surface area contributed by atoms with E-state index in [4.69, 9.17) is 9.84 Å². The number of aliphatic hydroxyl groups is 2. The summed E-state index contributed by atoms with van der Waals surface area (Å²) in [6, 6.07) is 14.3. The summed E-state index contributed by atoms with van der Waals surface area (Å²) in [7, 11) is 0. The lowest BCUT2D eigenvalue weighted by atomic mass is 9.82. The highest BCUT2D eigenvalue weighted by atomic mass is 19.1. The molecule has 2 amide bonds. The molecule has 9 heteroatoms. The number of aliphatic hydroxyl groups excluding tert-OH is 2. The van der Waals surface area contributed by atoms with E-state index in [1.807, 2.05) is 6.07 Å². The third kappa shape index (κ3) is 5.19. The number of ether oxygens (including phenoxy) is 1. The Bertz CT molecular complexity index is 1110. The van der Waals surface area contributed by atoms with Crippen LogP contribution < -0.4 is 10.1 Å². The van der Waals surface area contributed by atoms with Crippen molar-refractivity contribution in [3.05, 3.63) is 48.0 Å². The lowest BCUT2D eigenvalue weighted by molar-refractivity contribution is -0.138. The normalized spacial score (nSPS) is 24.0. The van der Waals surface area contributed by atoms with Gasteiger partial charge in [-0.3, -0.25) is 9.59 Å². The molecule has 178 valence electrons. The van der Waals surface area contributed by atoms with E-state index in [2.05, 4.69) is 11.4 Å². The highest BCUT2D eigenvalue weighted by Crippen LogP contribution is 2.32. The second-order valence-electron chi connectivity index (χ2n) is 8.67. The van der Waals surface area contributed by atoms with Crippen LogP contribution in [-0.2, 0) is 9.59 Å². The van der Waals surface area contributed by atoms with Crippen LogP contribution in [0.1, 0.15) is 24.8 Å². The molecule has 34 heavy (non-hydrogen) atoms. The number of hydrogen-bond acceptors (Lipinski definition) is 6. The van der Waals surface area contributed by atoms with Crippen LogP contribution in [0, 0.1) is 17.2 Å². The summed E-state index contributed by atoms with van der Waals surface area (Å²) in [6.45, 7) is -0.558. The van der Waals surface area contributed by atoms with E-state index < -0.39 is 30.9 Å². The predicted octanol–water partition coefficient (Wildman–Crippen LogP) is 2.24. The highest BCUT2D eigenvalue weighted by Gasteiger charge is 2.34. The lowest BCUT2D eigenvalue weighted by Gasteiger charge is -2.34. The third-order valence-electron chi connectivity index (χ3n) is 6.30. The van der Waals surface area contributed by atoms with Gasteiger partial charge in [-0.25, -0.2) is 4.39 Å². The van der Waals surface area contributed by atoms with E-state index in [1.54, 1.807) is 36.4 Å². The van der Waals surface area contributed by atoms with Crippen LogP contribution in [0.3, 0.4) is 0 Å². The minimum atomic E-state index is -1.44. The first-order valence-corrected chi connectivity index (χ1v) is 11.2. The molecular formula is C25H26FN3O5. The monoisotopic (exact) mass is 467 g/mol. The van der Waals surface area contributed by atoms with Crippen molar-refractivity contribution in [1.82, 2.24) is 4.90 Å². The Morgan fingerprint density at radius 2 is 1.97 bits per heavy atom. The molecule has 2 atom stereocenters. The van der Waals surface area contributed by atoms with Gasteiger partial charge in [-0.1, -0.05) is 18.2 Å². The van der Waals surface area contributed by atoms with E-state index in [0.717, 1.165) is 11.1 Å². The molecule has 0 aromatic heterocycles. The molecule has 1 heterocycles. The standard InChI is InChI=1S/C25H26FN3O5/c26-21-13-29(24(32)14-30)7-6-23(21)34-22-5-4-16(8-18(22)12-27)15-2-1-3-19(9-15)28-25(33)17-10-20(31)11-17/h1-5,8-9,17,20-21,23,30-31H,6-7,10-11,13-14H2,(H,28,33)/t17-,20-,21-,23+/m1/s1. The first-order chi connectivity index (χ1) is 16.4. The first-order valence-electron chi connectivity index (χ1n) is 11.2. The molecular weight excluding hydrogens is 441 g/mol. The zero-order chi connectivity index (χ0) is 24.2. The minimum absolute atomic E-state index is 0.128. The van der Waals surface area contributed by atoms with Gasteiger partial charge in [0.1, 0.15) is 24.5 Å². The number of nitriles is 1. The summed E-state index contributed by atoms with van der Waals surface area (Å²) < 4.78 is 20.4. The zero-order valence-corrected chi connectivity index (χ0v) is 18.5. The number of alkyl halides is 1. The van der Waals surface area contributed by atoms with Crippen LogP contribution in [0.25, 0.3) is 11.1 Å². The lowest BCUT2D eigenvalue weighted by Crippen LogP contribution is -2.50. The van der Waals surface area contributed by atoms with Crippen molar-refractivity contribution < 1.29 is 28.9 Å². The zero-order valence-electron chi connectivity index (χ0n) is 18.5. The maximum absolute atomic E-state index is 14.6. The number of halogens is 1. The predicted molar refractivity (Wildman–Crippen MR) is 122 cm³/mol. The Morgan fingerprint density at radius 1 is 1.21 bits per heavy atom. The van der Waals surface area contributed by atoms with Crippen LogP contribution in [0.4, 0.5) is 10.1 Å². The Hall–Kier alpha value is -3.48. The van der Waals surface area contributed by atoms with Gasteiger partial charge in [-0.15, -0.1) is 0 Å². The Labute approximate surface area is 196 Å². The van der Waals surface area contributed by atoms with Crippen LogP contribution in [0.15, 0.2) is 42.5 Å². The second kappa shape index (κ2) is 10.2. The second-order valence-corrected chi connectivity index (χ2v) is 8.67. The molecule has 0 unspecified atom stereocenters. The molecule has 2 aromatic rings. The van der Waals surface area contributed by atoms with Crippen molar-refractivity contribution in [3.8, 4) is 22.9 Å². The fraction of sp³-hybridized carbons (Fsp3) is 0.400. The van der Waals surface area contributed by atoms with Crippen molar-refractivity contribution >= 4 is 17.5 Å². The molecule has 0 spiro atoms. The van der Waals surface area contributed by atoms with Gasteiger partial charge in [0.15, 0.2) is 6.17 Å². The maximum atomic E-state index is 14.6. The van der Waals surface area contributed by atoms with Crippen molar-refractivity contribution in [2.75, 3.05) is 25.0 Å². The average Bonchev–Trinajstić information content (AvgIpc) is 2.83. The van der Waals surface area contributed by atoms with Crippen molar-refractivity contribution in [2.24, 2.45) is 5.92 Å². The van der Waals surface area contributed by atoms with Gasteiger partial charge in [0.05, 0.1) is 18.2 Å². The number of amides is 2. The topological polar surface area (TPSA) is 123 Å². The molecule has 2 aliphatic rings. The number of rotatable bonds is 6. The molecule has 0 radical (unpaired) electrons. The molecule has 3 N–H and O–H groups in total. The number of likely N-dealkylation sites (tertiary alicyclic amines) is 1. The summed E-state index contributed by atoms with van der Waals surface area (Å²) in [4.78, 5) is 25.1. The van der Waals surface area contributed by atoms with Gasteiger partial charge in [-0.05, 0) is 48.2 Å². The van der Waals surface area contributed by atoms with Crippen molar-refractivity contribution in [2.45, 2.75) is 37.6 Å². The van der Waals surface area contributed by atoms with Crippen molar-refractivity contribution in [3.63, 3.8) is 0 Å². The molecule has 1 aliphatic carbocycles. The fourth-order valence-electron chi connectivity index (χ4n) is 4.23. The van der Waals surface area contributed by atoms with E-state index in [-0.39, 0.29) is 42.6 Å². The van der Waals surface area contributed by atoms with Gasteiger partial charge >= 0.3 is 0 Å². The smallest absolute Gasteiger partial charge is 0.248 e. The summed E-state index contributed by atoms with van der Waals surface area (Å²) >= 11 is 0. The average molecular weight is 467 g/mol. The Morgan fingerprint density at radius 3 is 2.65 bits per heavy atom. The minimum Gasteiger partial charge on any atom is -0.486 e. The van der Waals surface area contributed by atoms with Gasteiger partial charge < -0.3 is 25.2 Å². The van der Waals surface area contributed by atoms with Gasteiger partial charge in [-0.2, -0.15) is 5.26 Å². The molecule has 8 nitrogen and oxygen atoms in total. The van der Waals surface area contributed by atoms with Crippen LogP contribution in [0.2, 0.25) is 0 Å². The number of piperidine rings is 1. The highest BCUT2D eigenvalue weighted by molar-refractivity contribution is 5.93. The SMILES string of the molecule is N#Cc1cc(-c2cccc(NC(=O)[C@H]3C[C@H](O)C3)c2)ccc1O[C@H]1CCN(C(=O)CO)C[C@H]1F. The van der Waals surface area contributed by atoms with Gasteiger partial charge in [0.2, 0.25) is 11.8 Å². The number of anilines is 1. The molecule has 4 rings (SSSR count). The molecule has 1 aliphatic heterocycles. The van der Waals surface area contributed by atoms with E-state index >= 15 is 0 Å². The number of benzene rings is 2.